The number of hydrogen-bond donors (Lipinski definition) is 0. The first-order chi connectivity index (χ1) is 26.8. The van der Waals surface area contributed by atoms with Crippen molar-refractivity contribution in [3.05, 3.63) is 169 Å². The second-order valence-corrected chi connectivity index (χ2v) is 15.0. The molecule has 5 heteroatoms. The van der Waals surface area contributed by atoms with Crippen LogP contribution in [0.4, 0.5) is 0 Å². The molecule has 12 aromatic rings. The second-order valence-electron chi connectivity index (χ2n) is 13.9. The zero-order valence-corrected chi connectivity index (χ0v) is 29.6. The number of hydrogen-bond acceptors (Lipinski definition) is 3. The zero-order chi connectivity index (χ0) is 35.5. The van der Waals surface area contributed by atoms with Crippen molar-refractivity contribution >= 4 is 97.1 Å². The van der Waals surface area contributed by atoms with Gasteiger partial charge in [0.1, 0.15) is 11.7 Å². The van der Waals surface area contributed by atoms with Crippen LogP contribution in [0.15, 0.2) is 168 Å². The number of furan rings is 1. The van der Waals surface area contributed by atoms with Crippen LogP contribution in [0, 0.1) is 11.3 Å². The molecule has 0 spiro atoms. The van der Waals surface area contributed by atoms with Gasteiger partial charge in [0.05, 0.1) is 39.0 Å². The van der Waals surface area contributed by atoms with Crippen LogP contribution in [0.3, 0.4) is 0 Å². The zero-order valence-electron chi connectivity index (χ0n) is 28.7. The molecule has 0 aliphatic heterocycles. The standard InChI is InChI=1S/C49H27N3OS/c50-28-29-12-11-18-34(46(29)52-40-20-7-2-14-31(40)35-24-25-36-32-15-4-9-22-43(32)53-48(36)47(35)52)30-13-1-6-19-39(30)51-41-21-8-3-17-38(41)45-42(51)27-26-37-33-16-5-10-23-44(33)54-49(37)45/h1-27H. The van der Waals surface area contributed by atoms with Crippen molar-refractivity contribution in [2.75, 3.05) is 0 Å². The molecule has 0 saturated carbocycles. The van der Waals surface area contributed by atoms with Gasteiger partial charge in [-0.1, -0.05) is 115 Å². The number of nitriles is 1. The van der Waals surface area contributed by atoms with Crippen molar-refractivity contribution in [2.24, 2.45) is 0 Å². The largest absolute Gasteiger partial charge is 0.454 e. The summed E-state index contributed by atoms with van der Waals surface area (Å²) in [4.78, 5) is 0. The van der Waals surface area contributed by atoms with Gasteiger partial charge in [-0.05, 0) is 48.5 Å². The van der Waals surface area contributed by atoms with Crippen LogP contribution in [0.25, 0.3) is 108 Å². The summed E-state index contributed by atoms with van der Waals surface area (Å²) in [5.74, 6) is 0. The predicted molar refractivity (Wildman–Crippen MR) is 225 cm³/mol. The van der Waals surface area contributed by atoms with Crippen LogP contribution < -0.4 is 0 Å². The summed E-state index contributed by atoms with van der Waals surface area (Å²) in [6, 6.07) is 60.3. The average molecular weight is 706 g/mol. The molecule has 54 heavy (non-hydrogen) atoms. The molecule has 0 aliphatic carbocycles. The molecule has 0 radical (unpaired) electrons. The Morgan fingerprint density at radius 2 is 1.15 bits per heavy atom. The summed E-state index contributed by atoms with van der Waals surface area (Å²) in [6.07, 6.45) is 0. The smallest absolute Gasteiger partial charge is 0.160 e. The third-order valence-electron chi connectivity index (χ3n) is 11.2. The first-order valence-corrected chi connectivity index (χ1v) is 18.9. The Bertz CT molecular complexity index is 3590. The van der Waals surface area contributed by atoms with Gasteiger partial charge < -0.3 is 13.6 Å². The number of benzene rings is 8. The minimum Gasteiger partial charge on any atom is -0.454 e. The fraction of sp³-hybridized carbons (Fsp3) is 0. The van der Waals surface area contributed by atoms with Crippen LogP contribution in [0.5, 0.6) is 0 Å². The molecule has 4 heterocycles. The lowest BCUT2D eigenvalue weighted by Crippen LogP contribution is -2.03. The second kappa shape index (κ2) is 10.9. The SMILES string of the molecule is N#Cc1cccc(-c2ccccc2-n2c3ccccc3c3c4sc5ccccc5c4ccc32)c1-n1c2ccccc2c2ccc3c4ccccc4oc3c21. The number of aromatic nitrogens is 2. The van der Waals surface area contributed by atoms with Gasteiger partial charge in [-0.25, -0.2) is 0 Å². The number of rotatable bonds is 3. The van der Waals surface area contributed by atoms with Gasteiger partial charge in [0.15, 0.2) is 5.58 Å². The van der Waals surface area contributed by atoms with Gasteiger partial charge in [-0.2, -0.15) is 5.26 Å². The maximum Gasteiger partial charge on any atom is 0.160 e. The van der Waals surface area contributed by atoms with Gasteiger partial charge >= 0.3 is 0 Å². The molecule has 0 unspecified atom stereocenters. The molecule has 0 atom stereocenters. The molecule has 0 bridgehead atoms. The van der Waals surface area contributed by atoms with E-state index in [2.05, 4.69) is 155 Å². The van der Waals surface area contributed by atoms with Gasteiger partial charge in [0, 0.05) is 63.6 Å². The molecule has 4 aromatic heterocycles. The topological polar surface area (TPSA) is 46.8 Å². The normalized spacial score (nSPS) is 12.1. The van der Waals surface area contributed by atoms with E-state index in [1.54, 1.807) is 0 Å². The number of para-hydroxylation sites is 5. The lowest BCUT2D eigenvalue weighted by Gasteiger charge is -2.19. The Morgan fingerprint density at radius 1 is 0.481 bits per heavy atom. The van der Waals surface area contributed by atoms with Crippen molar-refractivity contribution in [1.82, 2.24) is 9.13 Å². The molecule has 250 valence electrons. The van der Waals surface area contributed by atoms with E-state index in [1.807, 2.05) is 35.6 Å². The summed E-state index contributed by atoms with van der Waals surface area (Å²) >= 11 is 1.86. The average Bonchev–Trinajstić information content (AvgIpc) is 3.98. The monoisotopic (exact) mass is 705 g/mol. The molecule has 0 amide bonds. The van der Waals surface area contributed by atoms with E-state index >= 15 is 0 Å². The number of thiophene rings is 1. The van der Waals surface area contributed by atoms with Crippen LogP contribution in [-0.2, 0) is 0 Å². The van der Waals surface area contributed by atoms with Gasteiger partial charge in [-0.15, -0.1) is 11.3 Å². The van der Waals surface area contributed by atoms with E-state index in [1.165, 1.54) is 30.9 Å². The van der Waals surface area contributed by atoms with Crippen molar-refractivity contribution < 1.29 is 4.42 Å². The highest BCUT2D eigenvalue weighted by molar-refractivity contribution is 7.26. The Morgan fingerprint density at radius 3 is 2.02 bits per heavy atom. The predicted octanol–water partition coefficient (Wildman–Crippen LogP) is 13.7. The first-order valence-electron chi connectivity index (χ1n) is 18.1. The minimum absolute atomic E-state index is 0.590. The molecule has 0 aliphatic rings. The van der Waals surface area contributed by atoms with Crippen molar-refractivity contribution in [3.63, 3.8) is 0 Å². The van der Waals surface area contributed by atoms with E-state index in [0.29, 0.717) is 5.56 Å². The van der Waals surface area contributed by atoms with Gasteiger partial charge in [0.25, 0.3) is 0 Å². The van der Waals surface area contributed by atoms with Crippen molar-refractivity contribution in [2.45, 2.75) is 0 Å². The third-order valence-corrected chi connectivity index (χ3v) is 12.4. The Kier molecular flexibility index (Phi) is 5.97. The molecule has 4 nitrogen and oxygen atoms in total. The number of fused-ring (bicyclic) bond motifs is 14. The summed E-state index contributed by atoms with van der Waals surface area (Å²) in [5.41, 5.74) is 10.4. The number of nitrogens with zero attached hydrogens (tertiary/aromatic N) is 3. The molecular formula is C49H27N3OS. The highest BCUT2D eigenvalue weighted by Gasteiger charge is 2.25. The van der Waals surface area contributed by atoms with Crippen molar-refractivity contribution in [1.29, 1.82) is 5.26 Å². The molecule has 0 fully saturated rings. The summed E-state index contributed by atoms with van der Waals surface area (Å²) in [6.45, 7) is 0. The fourth-order valence-electron chi connectivity index (χ4n) is 8.95. The molecule has 0 saturated heterocycles. The highest BCUT2D eigenvalue weighted by atomic mass is 32.1. The lowest BCUT2D eigenvalue weighted by molar-refractivity contribution is 0.671. The van der Waals surface area contributed by atoms with E-state index in [0.717, 1.165) is 77.3 Å². The lowest BCUT2D eigenvalue weighted by atomic mass is 9.98. The maximum atomic E-state index is 10.9. The third kappa shape index (κ3) is 3.84. The van der Waals surface area contributed by atoms with Crippen LogP contribution in [0.1, 0.15) is 5.56 Å². The van der Waals surface area contributed by atoms with Gasteiger partial charge in [0.2, 0.25) is 0 Å². The van der Waals surface area contributed by atoms with Crippen LogP contribution in [0.2, 0.25) is 0 Å². The summed E-state index contributed by atoms with van der Waals surface area (Å²) in [5, 5.41) is 20.2. The van der Waals surface area contributed by atoms with Crippen LogP contribution in [-0.4, -0.2) is 9.13 Å². The van der Waals surface area contributed by atoms with Crippen LogP contribution >= 0.6 is 11.3 Å². The summed E-state index contributed by atoms with van der Waals surface area (Å²) < 4.78 is 14.0. The van der Waals surface area contributed by atoms with E-state index in [-0.39, 0.29) is 0 Å². The summed E-state index contributed by atoms with van der Waals surface area (Å²) in [7, 11) is 0. The minimum atomic E-state index is 0.590. The molecular weight excluding hydrogens is 679 g/mol. The first kappa shape index (κ1) is 29.4. The van der Waals surface area contributed by atoms with Crippen molar-refractivity contribution in [3.8, 4) is 28.6 Å². The van der Waals surface area contributed by atoms with Gasteiger partial charge in [-0.3, -0.25) is 0 Å². The van der Waals surface area contributed by atoms with E-state index < -0.39 is 0 Å². The Balaban J connectivity index is 1.21. The molecule has 12 rings (SSSR count). The quantitative estimate of drug-likeness (QED) is 0.184. The Hall–Kier alpha value is -7.13. The highest BCUT2D eigenvalue weighted by Crippen LogP contribution is 2.47. The molecule has 0 N–H and O–H groups in total. The van der Waals surface area contributed by atoms with E-state index in [4.69, 9.17) is 4.42 Å². The maximum absolute atomic E-state index is 10.9. The van der Waals surface area contributed by atoms with E-state index in [9.17, 15) is 5.26 Å². The fourth-order valence-corrected chi connectivity index (χ4v) is 10.2. The Labute approximate surface area is 312 Å². The molecule has 8 aromatic carbocycles.